The molecule has 0 amide bonds. The van der Waals surface area contributed by atoms with Gasteiger partial charge in [0.25, 0.3) is 0 Å². The third-order valence-corrected chi connectivity index (χ3v) is 3.05. The molecule has 0 saturated heterocycles. The van der Waals surface area contributed by atoms with Crippen molar-refractivity contribution < 1.29 is 39.5 Å². The van der Waals surface area contributed by atoms with E-state index in [1.807, 2.05) is 0 Å². The van der Waals surface area contributed by atoms with Crippen molar-refractivity contribution in [2.24, 2.45) is 10.9 Å². The highest BCUT2D eigenvalue weighted by Crippen LogP contribution is 2.37. The Bertz CT molecular complexity index is 640. The number of alkyl halides is 6. The van der Waals surface area contributed by atoms with Gasteiger partial charge >= 0.3 is 12.5 Å². The number of rotatable bonds is 3. The van der Waals surface area contributed by atoms with Crippen LogP contribution in [-0.2, 0) is 22.7 Å². The number of hydrogen-bond donors (Lipinski definition) is 2. The molecule has 0 aliphatic carbocycles. The normalized spacial score (nSPS) is 13.3. The molecule has 0 saturated carbocycles. The molecule has 0 aromatic carbocycles. The van der Waals surface area contributed by atoms with Gasteiger partial charge < -0.3 is 10.5 Å². The molecule has 0 bridgehead atoms. The minimum absolute atomic E-state index is 0.216. The molecule has 0 aliphatic heterocycles. The maximum absolute atomic E-state index is 12.8. The van der Waals surface area contributed by atoms with E-state index < -0.39 is 51.1 Å². The first-order valence-electron chi connectivity index (χ1n) is 4.85. The zero-order chi connectivity index (χ0) is 16.6. The second-order valence-corrected chi connectivity index (χ2v) is 5.08. The average molecular weight is 339 g/mol. The summed E-state index contributed by atoms with van der Waals surface area (Å²) in [5.41, 5.74) is 2.07. The lowest BCUT2D eigenvalue weighted by Crippen LogP contribution is -2.25. The molecular formula is C8H7F6N3O3S. The molecule has 0 spiro atoms. The number of nitrogens with zero attached hydrogens (tertiary/aromatic N) is 1. The first kappa shape index (κ1) is 17.5. The van der Waals surface area contributed by atoms with Crippen molar-refractivity contribution in [1.29, 1.82) is 0 Å². The zero-order valence-corrected chi connectivity index (χ0v) is 10.6. The van der Waals surface area contributed by atoms with Crippen molar-refractivity contribution in [3.63, 3.8) is 0 Å². The number of primary sulfonamides is 1. The van der Waals surface area contributed by atoms with Gasteiger partial charge in [0.2, 0.25) is 15.9 Å². The Hall–Kier alpha value is -1.60. The topological polar surface area (TPSA) is 108 Å². The van der Waals surface area contributed by atoms with Crippen LogP contribution >= 0.6 is 0 Å². The van der Waals surface area contributed by atoms with E-state index in [0.29, 0.717) is 0 Å². The Balaban J connectivity index is 3.67. The van der Waals surface area contributed by atoms with Gasteiger partial charge in [0, 0.05) is 12.6 Å². The molecule has 21 heavy (non-hydrogen) atoms. The van der Waals surface area contributed by atoms with Crippen molar-refractivity contribution in [2.75, 3.05) is 0 Å². The molecule has 120 valence electrons. The van der Waals surface area contributed by atoms with Crippen LogP contribution in [0.15, 0.2) is 11.0 Å². The molecule has 0 atom stereocenters. The first-order valence-corrected chi connectivity index (χ1v) is 6.40. The quantitative estimate of drug-likeness (QED) is 0.802. The largest absolute Gasteiger partial charge is 0.574 e. The van der Waals surface area contributed by atoms with E-state index in [4.69, 9.17) is 5.73 Å². The van der Waals surface area contributed by atoms with Gasteiger partial charge in [-0.15, -0.1) is 13.2 Å². The molecule has 0 radical (unpaired) electrons. The van der Waals surface area contributed by atoms with Crippen molar-refractivity contribution in [3.8, 4) is 5.88 Å². The van der Waals surface area contributed by atoms with E-state index in [9.17, 15) is 34.8 Å². The van der Waals surface area contributed by atoms with Gasteiger partial charge in [-0.2, -0.15) is 13.2 Å². The second kappa shape index (κ2) is 5.31. The Labute approximate surface area is 113 Å². The highest BCUT2D eigenvalue weighted by Gasteiger charge is 2.40. The van der Waals surface area contributed by atoms with Crippen LogP contribution in [0.2, 0.25) is 0 Å². The lowest BCUT2D eigenvalue weighted by molar-refractivity contribution is -0.276. The highest BCUT2D eigenvalue weighted by atomic mass is 32.2. The van der Waals surface area contributed by atoms with E-state index in [1.165, 1.54) is 0 Å². The smallest absolute Gasteiger partial charge is 0.388 e. The predicted molar refractivity (Wildman–Crippen MR) is 55.2 cm³/mol. The van der Waals surface area contributed by atoms with Crippen LogP contribution in [0.5, 0.6) is 5.88 Å². The monoisotopic (exact) mass is 339 g/mol. The second-order valence-electron chi connectivity index (χ2n) is 3.58. The van der Waals surface area contributed by atoms with E-state index in [1.54, 1.807) is 0 Å². The summed E-state index contributed by atoms with van der Waals surface area (Å²) < 4.78 is 100. The molecule has 1 heterocycles. The van der Waals surface area contributed by atoms with Crippen LogP contribution < -0.4 is 15.6 Å². The van der Waals surface area contributed by atoms with Crippen LogP contribution in [-0.4, -0.2) is 19.8 Å². The van der Waals surface area contributed by atoms with E-state index >= 15 is 0 Å². The van der Waals surface area contributed by atoms with Crippen molar-refractivity contribution in [1.82, 2.24) is 4.98 Å². The van der Waals surface area contributed by atoms with Crippen LogP contribution in [0.25, 0.3) is 0 Å². The fraction of sp³-hybridized carbons (Fsp3) is 0.375. The maximum atomic E-state index is 12.8. The molecule has 1 aromatic heterocycles. The van der Waals surface area contributed by atoms with Gasteiger partial charge in [-0.3, -0.25) is 0 Å². The van der Waals surface area contributed by atoms with Gasteiger partial charge in [0.15, 0.2) is 0 Å². The van der Waals surface area contributed by atoms with Crippen molar-refractivity contribution in [3.05, 3.63) is 17.3 Å². The van der Waals surface area contributed by atoms with Crippen LogP contribution in [0.3, 0.4) is 0 Å². The SMILES string of the molecule is NCc1nc(OC(F)(F)F)cc(C(F)(F)F)c1S(N)(=O)=O. The van der Waals surface area contributed by atoms with Crippen LogP contribution in [0.1, 0.15) is 11.3 Å². The van der Waals surface area contributed by atoms with Crippen molar-refractivity contribution >= 4 is 10.0 Å². The molecule has 0 fully saturated rings. The summed E-state index contributed by atoms with van der Waals surface area (Å²) in [7, 11) is -4.92. The summed E-state index contributed by atoms with van der Waals surface area (Å²) in [6.45, 7) is -0.899. The number of hydrogen-bond acceptors (Lipinski definition) is 5. The number of sulfonamides is 1. The number of pyridine rings is 1. The Morgan fingerprint density at radius 3 is 2.05 bits per heavy atom. The van der Waals surface area contributed by atoms with E-state index in [2.05, 4.69) is 14.9 Å². The predicted octanol–water partition coefficient (Wildman–Crippen LogP) is 1.11. The van der Waals surface area contributed by atoms with Gasteiger partial charge in [0.1, 0.15) is 4.90 Å². The average Bonchev–Trinajstić information content (AvgIpc) is 2.22. The molecule has 13 heteroatoms. The Morgan fingerprint density at radius 1 is 1.19 bits per heavy atom. The summed E-state index contributed by atoms with van der Waals surface area (Å²) in [6.07, 6.45) is -10.6. The fourth-order valence-electron chi connectivity index (χ4n) is 1.40. The van der Waals surface area contributed by atoms with Crippen LogP contribution in [0.4, 0.5) is 26.3 Å². The van der Waals surface area contributed by atoms with Crippen molar-refractivity contribution in [2.45, 2.75) is 24.0 Å². The third kappa shape index (κ3) is 4.44. The highest BCUT2D eigenvalue weighted by molar-refractivity contribution is 7.89. The van der Waals surface area contributed by atoms with Gasteiger partial charge in [0.05, 0.1) is 11.3 Å². The van der Waals surface area contributed by atoms with Gasteiger partial charge in [-0.1, -0.05) is 0 Å². The Kier molecular flexibility index (Phi) is 4.41. The standard InChI is InChI=1S/C8H7F6N3O3S/c9-7(10,11)3-1-5(20-8(12,13)14)17-4(2-15)6(3)21(16,18)19/h1H,2,15H2,(H2,16,18,19). The Morgan fingerprint density at radius 2 is 1.71 bits per heavy atom. The van der Waals surface area contributed by atoms with Gasteiger partial charge in [-0.05, 0) is 0 Å². The number of aromatic nitrogens is 1. The first-order chi connectivity index (χ1) is 9.25. The number of ether oxygens (including phenoxy) is 1. The third-order valence-electron chi connectivity index (χ3n) is 2.02. The fourth-order valence-corrected chi connectivity index (χ4v) is 2.34. The molecule has 0 aliphatic rings. The molecule has 1 rings (SSSR count). The summed E-state index contributed by atoms with van der Waals surface area (Å²) >= 11 is 0. The lowest BCUT2D eigenvalue weighted by Gasteiger charge is -2.16. The summed E-state index contributed by atoms with van der Waals surface area (Å²) in [5.74, 6) is -1.50. The number of halogens is 6. The molecule has 6 nitrogen and oxygen atoms in total. The molecular weight excluding hydrogens is 332 g/mol. The van der Waals surface area contributed by atoms with E-state index in [-0.39, 0.29) is 6.07 Å². The van der Waals surface area contributed by atoms with Crippen LogP contribution in [0, 0.1) is 0 Å². The molecule has 4 N–H and O–H groups in total. The lowest BCUT2D eigenvalue weighted by atomic mass is 10.2. The van der Waals surface area contributed by atoms with Gasteiger partial charge in [-0.25, -0.2) is 18.5 Å². The van der Waals surface area contributed by atoms with E-state index in [0.717, 1.165) is 0 Å². The number of nitrogens with two attached hydrogens (primary N) is 2. The molecule has 1 aromatic rings. The summed E-state index contributed by atoms with van der Waals surface area (Å²) in [5, 5.41) is 4.62. The summed E-state index contributed by atoms with van der Waals surface area (Å²) in [4.78, 5) is 1.50. The maximum Gasteiger partial charge on any atom is 0.574 e. The minimum Gasteiger partial charge on any atom is -0.388 e. The minimum atomic E-state index is -5.31. The summed E-state index contributed by atoms with van der Waals surface area (Å²) in [6, 6.07) is -0.216. The molecule has 0 unspecified atom stereocenters. The zero-order valence-electron chi connectivity index (χ0n) is 9.79.